The zero-order valence-electron chi connectivity index (χ0n) is 14.4. The lowest BCUT2D eigenvalue weighted by molar-refractivity contribution is -0.150. The fraction of sp³-hybridized carbons (Fsp3) is 0.421. The highest BCUT2D eigenvalue weighted by Crippen LogP contribution is 2.31. The molecular formula is C19H21N3O4. The summed E-state index contributed by atoms with van der Waals surface area (Å²) in [6.45, 7) is 1.49. The molecule has 2 aliphatic rings. The molecule has 1 saturated heterocycles. The van der Waals surface area contributed by atoms with Crippen LogP contribution in [0.3, 0.4) is 0 Å². The first kappa shape index (κ1) is 16.6. The van der Waals surface area contributed by atoms with E-state index in [-0.39, 0.29) is 5.91 Å². The first-order valence-electron chi connectivity index (χ1n) is 8.89. The number of carboxylic acids is 1. The van der Waals surface area contributed by atoms with Gasteiger partial charge in [-0.15, -0.1) is 0 Å². The van der Waals surface area contributed by atoms with Gasteiger partial charge >= 0.3 is 5.97 Å². The number of rotatable bonds is 3. The largest absolute Gasteiger partial charge is 0.493 e. The number of piperidine rings is 1. The second-order valence-corrected chi connectivity index (χ2v) is 6.85. The number of aryl methyl sites for hydroxylation is 1. The summed E-state index contributed by atoms with van der Waals surface area (Å²) in [6.07, 6.45) is 5.80. The van der Waals surface area contributed by atoms with Crippen molar-refractivity contribution in [3.8, 4) is 5.75 Å². The van der Waals surface area contributed by atoms with E-state index in [4.69, 9.17) is 4.74 Å². The van der Waals surface area contributed by atoms with Gasteiger partial charge in [0.05, 0.1) is 6.61 Å². The van der Waals surface area contributed by atoms with Gasteiger partial charge in [0.2, 0.25) is 0 Å². The molecule has 0 saturated carbocycles. The second-order valence-electron chi connectivity index (χ2n) is 6.85. The molecule has 0 spiro atoms. The van der Waals surface area contributed by atoms with Crippen molar-refractivity contribution in [1.29, 1.82) is 0 Å². The number of ether oxygens (including phenoxy) is 1. The van der Waals surface area contributed by atoms with Crippen molar-refractivity contribution in [3.05, 3.63) is 47.8 Å². The van der Waals surface area contributed by atoms with Gasteiger partial charge in [0.25, 0.3) is 5.91 Å². The molecule has 0 aliphatic carbocycles. The fourth-order valence-electron chi connectivity index (χ4n) is 3.82. The van der Waals surface area contributed by atoms with E-state index in [0.29, 0.717) is 31.5 Å². The van der Waals surface area contributed by atoms with Gasteiger partial charge in [-0.05, 0) is 42.7 Å². The molecule has 3 heterocycles. The Kier molecular flexibility index (Phi) is 4.14. The van der Waals surface area contributed by atoms with Crippen LogP contribution in [0.4, 0.5) is 0 Å². The number of hydrogen-bond acceptors (Lipinski definition) is 4. The van der Waals surface area contributed by atoms with E-state index in [9.17, 15) is 14.7 Å². The van der Waals surface area contributed by atoms with Crippen LogP contribution in [0, 0.1) is 0 Å². The van der Waals surface area contributed by atoms with E-state index in [2.05, 4.69) is 5.10 Å². The SMILES string of the molecule is O=C(c1ccc2c(c1)CCCO2)N1CCC(C(=O)O)(n2cccn2)CC1. The quantitative estimate of drug-likeness (QED) is 0.909. The topological polar surface area (TPSA) is 84.7 Å². The first-order valence-corrected chi connectivity index (χ1v) is 8.89. The van der Waals surface area contributed by atoms with Crippen LogP contribution in [-0.4, -0.2) is 51.4 Å². The van der Waals surface area contributed by atoms with Crippen LogP contribution >= 0.6 is 0 Å². The average Bonchev–Trinajstić information content (AvgIpc) is 3.22. The number of fused-ring (bicyclic) bond motifs is 1. The normalized spacial score (nSPS) is 18.7. The Morgan fingerprint density at radius 1 is 1.23 bits per heavy atom. The van der Waals surface area contributed by atoms with Crippen molar-refractivity contribution in [3.63, 3.8) is 0 Å². The van der Waals surface area contributed by atoms with Crippen molar-refractivity contribution in [2.75, 3.05) is 19.7 Å². The molecule has 26 heavy (non-hydrogen) atoms. The van der Waals surface area contributed by atoms with Gasteiger partial charge in [0.15, 0.2) is 5.54 Å². The predicted molar refractivity (Wildman–Crippen MR) is 93.2 cm³/mol. The summed E-state index contributed by atoms with van der Waals surface area (Å²) in [5.74, 6) is -0.105. The van der Waals surface area contributed by atoms with Crippen molar-refractivity contribution in [1.82, 2.24) is 14.7 Å². The minimum atomic E-state index is -1.08. The number of amides is 1. The third kappa shape index (κ3) is 2.73. The minimum absolute atomic E-state index is 0.0576. The molecule has 0 unspecified atom stereocenters. The van der Waals surface area contributed by atoms with Gasteiger partial charge < -0.3 is 14.7 Å². The van der Waals surface area contributed by atoms with Gasteiger partial charge in [0, 0.05) is 43.9 Å². The molecule has 0 bridgehead atoms. The van der Waals surface area contributed by atoms with E-state index in [1.54, 1.807) is 29.4 Å². The van der Waals surface area contributed by atoms with E-state index < -0.39 is 11.5 Å². The third-order valence-corrected chi connectivity index (χ3v) is 5.37. The first-order chi connectivity index (χ1) is 12.6. The lowest BCUT2D eigenvalue weighted by Crippen LogP contribution is -2.52. The van der Waals surface area contributed by atoms with Crippen LogP contribution < -0.4 is 4.74 Å². The predicted octanol–water partition coefficient (Wildman–Crippen LogP) is 1.92. The molecule has 1 N–H and O–H groups in total. The highest BCUT2D eigenvalue weighted by Gasteiger charge is 2.44. The highest BCUT2D eigenvalue weighted by molar-refractivity contribution is 5.95. The van der Waals surface area contributed by atoms with Crippen molar-refractivity contribution in [2.45, 2.75) is 31.2 Å². The van der Waals surface area contributed by atoms with E-state index in [0.717, 1.165) is 30.8 Å². The maximum absolute atomic E-state index is 12.9. The fourth-order valence-corrected chi connectivity index (χ4v) is 3.82. The lowest BCUT2D eigenvalue weighted by Gasteiger charge is -2.39. The number of benzene rings is 1. The van der Waals surface area contributed by atoms with Crippen LogP contribution in [-0.2, 0) is 16.8 Å². The maximum atomic E-state index is 12.9. The van der Waals surface area contributed by atoms with E-state index >= 15 is 0 Å². The zero-order chi connectivity index (χ0) is 18.1. The van der Waals surface area contributed by atoms with Gasteiger partial charge in [-0.3, -0.25) is 9.48 Å². The zero-order valence-corrected chi connectivity index (χ0v) is 14.4. The van der Waals surface area contributed by atoms with Crippen molar-refractivity contribution >= 4 is 11.9 Å². The molecule has 7 nitrogen and oxygen atoms in total. The standard InChI is InChI=1S/C19H21N3O4/c23-17(15-4-5-16-14(13-15)3-1-12-26-16)21-10-6-19(7-11-21,18(24)25)22-9-2-8-20-22/h2,4-5,8-9,13H,1,3,6-7,10-12H2,(H,24,25). The van der Waals surface area contributed by atoms with Crippen molar-refractivity contribution in [2.24, 2.45) is 0 Å². The number of carbonyl (C=O) groups is 2. The minimum Gasteiger partial charge on any atom is -0.493 e. The Hall–Kier alpha value is -2.83. The average molecular weight is 355 g/mol. The van der Waals surface area contributed by atoms with Gasteiger partial charge in [0.1, 0.15) is 5.75 Å². The molecule has 7 heteroatoms. The smallest absolute Gasteiger partial charge is 0.331 e. The Bertz CT molecular complexity index is 823. The molecule has 4 rings (SSSR count). The molecule has 2 aromatic rings. The van der Waals surface area contributed by atoms with Gasteiger partial charge in [-0.25, -0.2) is 4.79 Å². The number of carboxylic acid groups (broad SMARTS) is 1. The summed E-state index contributed by atoms with van der Waals surface area (Å²) in [7, 11) is 0. The number of carbonyl (C=O) groups excluding carboxylic acids is 1. The summed E-state index contributed by atoms with van der Waals surface area (Å²) < 4.78 is 7.11. The summed E-state index contributed by atoms with van der Waals surface area (Å²) in [5.41, 5.74) is 0.621. The summed E-state index contributed by atoms with van der Waals surface area (Å²) in [4.78, 5) is 26.5. The van der Waals surface area contributed by atoms with Crippen LogP contribution in [0.5, 0.6) is 5.75 Å². The number of likely N-dealkylation sites (tertiary alicyclic amines) is 1. The monoisotopic (exact) mass is 355 g/mol. The molecule has 1 fully saturated rings. The van der Waals surface area contributed by atoms with E-state index in [1.807, 2.05) is 12.1 Å². The highest BCUT2D eigenvalue weighted by atomic mass is 16.5. The molecule has 1 amide bonds. The van der Waals surface area contributed by atoms with Crippen molar-refractivity contribution < 1.29 is 19.4 Å². The van der Waals surface area contributed by atoms with Crippen LogP contribution in [0.15, 0.2) is 36.7 Å². The van der Waals surface area contributed by atoms with E-state index in [1.165, 1.54) is 4.68 Å². The molecule has 136 valence electrons. The lowest BCUT2D eigenvalue weighted by atomic mass is 9.87. The Balaban J connectivity index is 1.51. The van der Waals surface area contributed by atoms with Gasteiger partial charge in [-0.2, -0.15) is 5.10 Å². The molecule has 1 aromatic carbocycles. The molecule has 1 aromatic heterocycles. The Morgan fingerprint density at radius 3 is 2.73 bits per heavy atom. The molecule has 2 aliphatic heterocycles. The number of aliphatic carboxylic acids is 1. The number of aromatic nitrogens is 2. The third-order valence-electron chi connectivity index (χ3n) is 5.37. The molecular weight excluding hydrogens is 334 g/mol. The summed E-state index contributed by atoms with van der Waals surface area (Å²) in [5, 5.41) is 13.9. The van der Waals surface area contributed by atoms with Crippen LogP contribution in [0.1, 0.15) is 35.2 Å². The number of hydrogen-bond donors (Lipinski definition) is 1. The second kappa shape index (κ2) is 6.48. The summed E-state index contributed by atoms with van der Waals surface area (Å²) >= 11 is 0. The molecule has 0 radical (unpaired) electrons. The Morgan fingerprint density at radius 2 is 2.04 bits per heavy atom. The molecule has 0 atom stereocenters. The number of nitrogens with zero attached hydrogens (tertiary/aromatic N) is 3. The maximum Gasteiger partial charge on any atom is 0.331 e. The van der Waals surface area contributed by atoms with Gasteiger partial charge in [-0.1, -0.05) is 0 Å². The Labute approximate surface area is 151 Å². The van der Waals surface area contributed by atoms with Crippen LogP contribution in [0.2, 0.25) is 0 Å². The van der Waals surface area contributed by atoms with Crippen LogP contribution in [0.25, 0.3) is 0 Å². The summed E-state index contributed by atoms with van der Waals surface area (Å²) in [6, 6.07) is 7.27.